The van der Waals surface area contributed by atoms with E-state index >= 15 is 0 Å². The summed E-state index contributed by atoms with van der Waals surface area (Å²) < 4.78 is 5.78. The summed E-state index contributed by atoms with van der Waals surface area (Å²) in [5.74, 6) is -1.31. The van der Waals surface area contributed by atoms with E-state index in [2.05, 4.69) is 10.3 Å². The predicted molar refractivity (Wildman–Crippen MR) is 112 cm³/mol. The standard InChI is InChI=1S/C21H22ClN3O4/c1-21(2)11-25(9-18(26)27)17(10-29-21)20(28)24-16-8-12(22)7-14-13-5-3-4-6-15(13)23-19(14)16/h3-8,17,23H,9-11H2,1-2H3,(H,24,28)(H,26,27)/t17-/m0/s1. The zero-order chi connectivity index (χ0) is 20.8. The number of carbonyl (C=O) groups excluding carboxylic acids is 1. The molecule has 1 aliphatic heterocycles. The minimum atomic E-state index is -0.985. The number of hydrogen-bond acceptors (Lipinski definition) is 4. The van der Waals surface area contributed by atoms with Gasteiger partial charge in [0.1, 0.15) is 6.04 Å². The highest BCUT2D eigenvalue weighted by Crippen LogP contribution is 2.33. The number of amides is 1. The molecule has 1 aliphatic rings. The van der Waals surface area contributed by atoms with Gasteiger partial charge < -0.3 is 20.1 Å². The van der Waals surface area contributed by atoms with Crippen LogP contribution in [0.5, 0.6) is 0 Å². The Hall–Kier alpha value is -2.61. The molecular weight excluding hydrogens is 394 g/mol. The van der Waals surface area contributed by atoms with Gasteiger partial charge in [-0.25, -0.2) is 0 Å². The summed E-state index contributed by atoms with van der Waals surface area (Å²) in [6.45, 7) is 3.97. The Morgan fingerprint density at radius 3 is 2.83 bits per heavy atom. The number of rotatable bonds is 4. The van der Waals surface area contributed by atoms with Crippen molar-refractivity contribution in [3.05, 3.63) is 41.4 Å². The molecule has 7 nitrogen and oxygen atoms in total. The molecule has 2 aromatic carbocycles. The number of carboxylic acid groups (broad SMARTS) is 1. The molecule has 0 saturated carbocycles. The number of halogens is 1. The zero-order valence-electron chi connectivity index (χ0n) is 16.2. The molecule has 3 N–H and O–H groups in total. The number of hydrogen-bond donors (Lipinski definition) is 3. The van der Waals surface area contributed by atoms with Crippen LogP contribution in [0, 0.1) is 0 Å². The molecule has 1 aromatic heterocycles. The van der Waals surface area contributed by atoms with Crippen molar-refractivity contribution in [2.45, 2.75) is 25.5 Å². The average Bonchev–Trinajstić information content (AvgIpc) is 2.99. The number of H-pyrrole nitrogens is 1. The minimum Gasteiger partial charge on any atom is -0.480 e. The number of aromatic amines is 1. The van der Waals surface area contributed by atoms with Crippen LogP contribution in [0.1, 0.15) is 13.8 Å². The summed E-state index contributed by atoms with van der Waals surface area (Å²) in [6, 6.07) is 10.7. The maximum Gasteiger partial charge on any atom is 0.317 e. The molecule has 1 atom stereocenters. The largest absolute Gasteiger partial charge is 0.480 e. The molecule has 0 radical (unpaired) electrons. The van der Waals surface area contributed by atoms with Crippen LogP contribution in [0.2, 0.25) is 5.02 Å². The van der Waals surface area contributed by atoms with E-state index in [1.807, 2.05) is 44.2 Å². The number of nitrogens with zero attached hydrogens (tertiary/aromatic N) is 1. The van der Waals surface area contributed by atoms with E-state index in [0.29, 0.717) is 17.3 Å². The number of anilines is 1. The minimum absolute atomic E-state index is 0.114. The Balaban J connectivity index is 1.67. The number of aliphatic carboxylic acids is 1. The quantitative estimate of drug-likeness (QED) is 0.606. The van der Waals surface area contributed by atoms with Crippen molar-refractivity contribution in [1.82, 2.24) is 9.88 Å². The normalized spacial score (nSPS) is 19.5. The van der Waals surface area contributed by atoms with Crippen molar-refractivity contribution in [2.24, 2.45) is 0 Å². The van der Waals surface area contributed by atoms with Crippen LogP contribution in [-0.2, 0) is 14.3 Å². The van der Waals surface area contributed by atoms with Crippen LogP contribution in [0.15, 0.2) is 36.4 Å². The lowest BCUT2D eigenvalue weighted by Crippen LogP contribution is -2.59. The third-order valence-electron chi connectivity index (χ3n) is 5.14. The van der Waals surface area contributed by atoms with Gasteiger partial charge in [-0.3, -0.25) is 14.5 Å². The lowest BCUT2D eigenvalue weighted by Gasteiger charge is -2.42. The first-order valence-electron chi connectivity index (χ1n) is 9.34. The Kier molecular flexibility index (Phi) is 4.98. The molecule has 2 heterocycles. The fourth-order valence-electron chi connectivity index (χ4n) is 3.87. The van der Waals surface area contributed by atoms with E-state index in [1.54, 1.807) is 11.0 Å². The predicted octanol–water partition coefficient (Wildman–Crippen LogP) is 3.48. The molecule has 0 spiro atoms. The van der Waals surface area contributed by atoms with Gasteiger partial charge in [0.15, 0.2) is 0 Å². The summed E-state index contributed by atoms with van der Waals surface area (Å²) in [5, 5.41) is 14.6. The first kappa shape index (κ1) is 19.7. The second-order valence-corrected chi connectivity index (χ2v) is 8.36. The first-order valence-corrected chi connectivity index (χ1v) is 9.72. The zero-order valence-corrected chi connectivity index (χ0v) is 16.9. The highest BCUT2D eigenvalue weighted by atomic mass is 35.5. The van der Waals surface area contributed by atoms with E-state index < -0.39 is 17.6 Å². The lowest BCUT2D eigenvalue weighted by molar-refractivity contribution is -0.153. The molecule has 1 amide bonds. The van der Waals surface area contributed by atoms with Crippen molar-refractivity contribution in [1.29, 1.82) is 0 Å². The number of benzene rings is 2. The van der Waals surface area contributed by atoms with Crippen molar-refractivity contribution in [3.8, 4) is 0 Å². The van der Waals surface area contributed by atoms with Crippen LogP contribution < -0.4 is 5.32 Å². The van der Waals surface area contributed by atoms with Gasteiger partial charge in [-0.15, -0.1) is 0 Å². The molecule has 0 aliphatic carbocycles. The van der Waals surface area contributed by atoms with Crippen molar-refractivity contribution >= 4 is 51.0 Å². The Labute approximate surface area is 172 Å². The van der Waals surface area contributed by atoms with E-state index in [9.17, 15) is 14.7 Å². The highest BCUT2D eigenvalue weighted by molar-refractivity contribution is 6.33. The van der Waals surface area contributed by atoms with Crippen LogP contribution >= 0.6 is 11.6 Å². The van der Waals surface area contributed by atoms with Crippen LogP contribution in [0.4, 0.5) is 5.69 Å². The Bertz CT molecular complexity index is 1110. The third kappa shape index (κ3) is 3.94. The fraction of sp³-hybridized carbons (Fsp3) is 0.333. The second-order valence-electron chi connectivity index (χ2n) is 7.92. The molecule has 29 heavy (non-hydrogen) atoms. The summed E-state index contributed by atoms with van der Waals surface area (Å²) in [5.41, 5.74) is 1.74. The smallest absolute Gasteiger partial charge is 0.317 e. The molecule has 8 heteroatoms. The molecule has 152 valence electrons. The molecule has 3 aromatic rings. The van der Waals surface area contributed by atoms with Crippen LogP contribution in [0.3, 0.4) is 0 Å². The monoisotopic (exact) mass is 415 g/mol. The lowest BCUT2D eigenvalue weighted by atomic mass is 10.0. The molecular formula is C21H22ClN3O4. The van der Waals surface area contributed by atoms with E-state index in [4.69, 9.17) is 16.3 Å². The molecule has 4 rings (SSSR count). The maximum atomic E-state index is 13.1. The third-order valence-corrected chi connectivity index (χ3v) is 5.35. The van der Waals surface area contributed by atoms with Gasteiger partial charge in [0.25, 0.3) is 0 Å². The van der Waals surface area contributed by atoms with Crippen molar-refractivity contribution in [3.63, 3.8) is 0 Å². The Morgan fingerprint density at radius 1 is 1.31 bits per heavy atom. The summed E-state index contributed by atoms with van der Waals surface area (Å²) in [4.78, 5) is 29.3. The van der Waals surface area contributed by atoms with Gasteiger partial charge in [-0.05, 0) is 32.0 Å². The second kappa shape index (κ2) is 7.33. The number of ether oxygens (including phenoxy) is 1. The number of nitrogens with one attached hydrogen (secondary N) is 2. The number of carbonyl (C=O) groups is 2. The summed E-state index contributed by atoms with van der Waals surface area (Å²) in [6.07, 6.45) is 0. The topological polar surface area (TPSA) is 94.7 Å². The number of fused-ring (bicyclic) bond motifs is 3. The fourth-order valence-corrected chi connectivity index (χ4v) is 4.08. The van der Waals surface area contributed by atoms with Gasteiger partial charge in [0.05, 0.1) is 30.0 Å². The van der Waals surface area contributed by atoms with Gasteiger partial charge in [0.2, 0.25) is 5.91 Å². The number of carboxylic acids is 1. The highest BCUT2D eigenvalue weighted by Gasteiger charge is 2.38. The van der Waals surface area contributed by atoms with Crippen LogP contribution in [0.25, 0.3) is 21.8 Å². The summed E-state index contributed by atoms with van der Waals surface area (Å²) >= 11 is 6.31. The van der Waals surface area contributed by atoms with Gasteiger partial charge in [0, 0.05) is 27.9 Å². The summed E-state index contributed by atoms with van der Waals surface area (Å²) in [7, 11) is 0. The first-order chi connectivity index (χ1) is 13.7. The average molecular weight is 416 g/mol. The van der Waals surface area contributed by atoms with Crippen molar-refractivity contribution in [2.75, 3.05) is 25.0 Å². The van der Waals surface area contributed by atoms with Gasteiger partial charge in [-0.2, -0.15) is 0 Å². The number of aromatic nitrogens is 1. The Morgan fingerprint density at radius 2 is 2.07 bits per heavy atom. The van der Waals surface area contributed by atoms with Crippen molar-refractivity contribution < 1.29 is 19.4 Å². The van der Waals surface area contributed by atoms with E-state index in [-0.39, 0.29) is 19.1 Å². The maximum absolute atomic E-state index is 13.1. The number of para-hydroxylation sites is 1. The number of morpholine rings is 1. The SMILES string of the molecule is CC1(C)CN(CC(=O)O)[C@H](C(=O)Nc2cc(Cl)cc3c2[nH]c2ccccc23)CO1. The van der Waals surface area contributed by atoms with Crippen LogP contribution in [-0.4, -0.2) is 58.2 Å². The molecule has 1 saturated heterocycles. The van der Waals surface area contributed by atoms with Gasteiger partial charge >= 0.3 is 5.97 Å². The van der Waals surface area contributed by atoms with E-state index in [0.717, 1.165) is 21.8 Å². The van der Waals surface area contributed by atoms with Gasteiger partial charge in [-0.1, -0.05) is 29.8 Å². The molecule has 1 fully saturated rings. The molecule has 0 unspecified atom stereocenters. The van der Waals surface area contributed by atoms with E-state index in [1.165, 1.54) is 0 Å². The molecule has 0 bridgehead atoms.